The minimum atomic E-state index is -0.373. The number of rotatable bonds is 3. The molecule has 116 valence electrons. The van der Waals surface area contributed by atoms with E-state index < -0.39 is 0 Å². The molecule has 1 fully saturated rings. The normalized spacial score (nSPS) is 16.4. The zero-order chi connectivity index (χ0) is 16.4. The van der Waals surface area contributed by atoms with Gasteiger partial charge in [0.2, 0.25) is 0 Å². The maximum Gasteiger partial charge on any atom is 0.293 e. The molecule has 0 unspecified atom stereocenters. The van der Waals surface area contributed by atoms with E-state index in [1.54, 1.807) is 42.6 Å². The topological polar surface area (TPSA) is 50.3 Å². The largest absolute Gasteiger partial charge is 0.293 e. The van der Waals surface area contributed by atoms with Gasteiger partial charge in [0.25, 0.3) is 11.1 Å². The smallest absolute Gasteiger partial charge is 0.268 e. The fourth-order valence-corrected chi connectivity index (χ4v) is 3.41. The van der Waals surface area contributed by atoms with E-state index in [9.17, 15) is 9.59 Å². The number of hydrogen-bond donors (Lipinski definition) is 0. The van der Waals surface area contributed by atoms with E-state index in [1.165, 1.54) is 0 Å². The van der Waals surface area contributed by atoms with Crippen LogP contribution in [0, 0.1) is 0 Å². The molecule has 0 aliphatic carbocycles. The van der Waals surface area contributed by atoms with Crippen LogP contribution in [0.1, 0.15) is 11.3 Å². The molecular formula is C16H10Cl2N2O2S. The fourth-order valence-electron chi connectivity index (χ4n) is 2.07. The lowest BCUT2D eigenvalue weighted by molar-refractivity contribution is -0.123. The van der Waals surface area contributed by atoms with Crippen LogP contribution in [-0.4, -0.2) is 21.0 Å². The number of imide groups is 1. The van der Waals surface area contributed by atoms with Crippen LogP contribution in [0.2, 0.25) is 10.0 Å². The van der Waals surface area contributed by atoms with Crippen molar-refractivity contribution in [2.75, 3.05) is 0 Å². The lowest BCUT2D eigenvalue weighted by atomic mass is 10.2. The monoisotopic (exact) mass is 364 g/mol. The highest BCUT2D eigenvalue weighted by Crippen LogP contribution is 2.35. The molecule has 2 heterocycles. The van der Waals surface area contributed by atoms with E-state index in [0.29, 0.717) is 26.2 Å². The van der Waals surface area contributed by atoms with Crippen LogP contribution in [0.15, 0.2) is 47.5 Å². The van der Waals surface area contributed by atoms with Crippen LogP contribution in [0.3, 0.4) is 0 Å². The second-order valence-electron chi connectivity index (χ2n) is 4.72. The third kappa shape index (κ3) is 3.42. The second kappa shape index (κ2) is 6.74. The van der Waals surface area contributed by atoms with Crippen LogP contribution in [0.5, 0.6) is 0 Å². The first-order valence-electron chi connectivity index (χ1n) is 6.65. The van der Waals surface area contributed by atoms with Crippen molar-refractivity contribution in [2.24, 2.45) is 0 Å². The van der Waals surface area contributed by atoms with Crippen LogP contribution < -0.4 is 0 Å². The number of aromatic nitrogens is 1. The highest BCUT2D eigenvalue weighted by Gasteiger charge is 2.35. The minimum absolute atomic E-state index is 0.0444. The Kier molecular flexibility index (Phi) is 4.71. The Morgan fingerprint density at radius 3 is 2.48 bits per heavy atom. The quantitative estimate of drug-likeness (QED) is 0.745. The predicted molar refractivity (Wildman–Crippen MR) is 92.2 cm³/mol. The van der Waals surface area contributed by atoms with Crippen LogP contribution in [-0.2, 0) is 11.3 Å². The number of amides is 2. The molecule has 2 amide bonds. The minimum Gasteiger partial charge on any atom is -0.268 e. The van der Waals surface area contributed by atoms with E-state index >= 15 is 0 Å². The van der Waals surface area contributed by atoms with Crippen molar-refractivity contribution in [1.82, 2.24) is 9.88 Å². The van der Waals surface area contributed by atoms with Crippen LogP contribution >= 0.6 is 35.0 Å². The zero-order valence-corrected chi connectivity index (χ0v) is 14.0. The van der Waals surface area contributed by atoms with Gasteiger partial charge in [-0.05, 0) is 42.1 Å². The molecule has 23 heavy (non-hydrogen) atoms. The fraction of sp³-hybridized carbons (Fsp3) is 0.0625. The summed E-state index contributed by atoms with van der Waals surface area (Å²) in [5, 5.41) is 0.490. The molecule has 0 radical (unpaired) electrons. The van der Waals surface area contributed by atoms with Crippen LogP contribution in [0.4, 0.5) is 4.79 Å². The predicted octanol–water partition coefficient (Wildman–Crippen LogP) is 4.62. The maximum absolute atomic E-state index is 12.4. The Morgan fingerprint density at radius 2 is 1.83 bits per heavy atom. The van der Waals surface area contributed by atoms with Gasteiger partial charge in [0.05, 0.1) is 17.1 Å². The van der Waals surface area contributed by atoms with Crippen molar-refractivity contribution >= 4 is 52.2 Å². The number of thioether (sulfide) groups is 1. The standard InChI is InChI=1S/C16H10Cl2N2O2S/c17-12-5-3-6-13(18)11(12)9-20-15(21)14(23-16(20)22)8-10-4-1-2-7-19-10/h1-8H,9H2/b14-8-. The highest BCUT2D eigenvalue weighted by molar-refractivity contribution is 8.18. The molecule has 0 N–H and O–H groups in total. The molecule has 1 saturated heterocycles. The van der Waals surface area contributed by atoms with Crippen molar-refractivity contribution in [3.63, 3.8) is 0 Å². The summed E-state index contributed by atoms with van der Waals surface area (Å²) in [4.78, 5) is 30.2. The molecule has 0 atom stereocenters. The summed E-state index contributed by atoms with van der Waals surface area (Å²) in [6.07, 6.45) is 3.22. The average Bonchev–Trinajstić information content (AvgIpc) is 2.79. The number of benzene rings is 1. The summed E-state index contributed by atoms with van der Waals surface area (Å²) in [5.41, 5.74) is 1.17. The Labute approximate surface area is 147 Å². The van der Waals surface area contributed by atoms with Gasteiger partial charge in [0, 0.05) is 21.8 Å². The number of nitrogens with zero attached hydrogens (tertiary/aromatic N) is 2. The molecule has 4 nitrogen and oxygen atoms in total. The van der Waals surface area contributed by atoms with Gasteiger partial charge in [0.1, 0.15) is 0 Å². The Morgan fingerprint density at radius 1 is 1.09 bits per heavy atom. The second-order valence-corrected chi connectivity index (χ2v) is 6.53. The molecule has 1 aromatic carbocycles. The summed E-state index contributed by atoms with van der Waals surface area (Å²) in [6, 6.07) is 10.4. The molecule has 3 rings (SSSR count). The van der Waals surface area contributed by atoms with E-state index in [-0.39, 0.29) is 17.7 Å². The van der Waals surface area contributed by atoms with Crippen molar-refractivity contribution in [2.45, 2.75) is 6.54 Å². The number of halogens is 2. The third-order valence-corrected chi connectivity index (χ3v) is 4.83. The number of carbonyl (C=O) groups is 2. The molecule has 1 aliphatic heterocycles. The van der Waals surface area contributed by atoms with Gasteiger partial charge in [-0.1, -0.05) is 35.3 Å². The molecule has 7 heteroatoms. The summed E-state index contributed by atoms with van der Waals surface area (Å²) in [7, 11) is 0. The highest BCUT2D eigenvalue weighted by atomic mass is 35.5. The molecule has 0 saturated carbocycles. The molecule has 1 aromatic heterocycles. The van der Waals surface area contributed by atoms with E-state index in [2.05, 4.69) is 4.98 Å². The Bertz CT molecular complexity index is 789. The van der Waals surface area contributed by atoms with Gasteiger partial charge in [-0.3, -0.25) is 19.5 Å². The Balaban J connectivity index is 1.86. The summed E-state index contributed by atoms with van der Waals surface area (Å²) < 4.78 is 0. The molecular weight excluding hydrogens is 355 g/mol. The van der Waals surface area contributed by atoms with E-state index in [4.69, 9.17) is 23.2 Å². The van der Waals surface area contributed by atoms with Gasteiger partial charge >= 0.3 is 0 Å². The lowest BCUT2D eigenvalue weighted by Crippen LogP contribution is -2.27. The van der Waals surface area contributed by atoms with Crippen molar-refractivity contribution in [3.8, 4) is 0 Å². The van der Waals surface area contributed by atoms with Crippen molar-refractivity contribution in [1.29, 1.82) is 0 Å². The molecule has 0 spiro atoms. The Hall–Kier alpha value is -1.82. The van der Waals surface area contributed by atoms with Crippen LogP contribution in [0.25, 0.3) is 6.08 Å². The summed E-state index contributed by atoms with van der Waals surface area (Å²) >= 11 is 13.1. The number of pyridine rings is 1. The van der Waals surface area contributed by atoms with Gasteiger partial charge in [-0.15, -0.1) is 0 Å². The SMILES string of the molecule is O=C1S/C(=C\c2ccccn2)C(=O)N1Cc1c(Cl)cccc1Cl. The van der Waals surface area contributed by atoms with Gasteiger partial charge in [-0.2, -0.15) is 0 Å². The first-order valence-corrected chi connectivity index (χ1v) is 8.23. The maximum atomic E-state index is 12.4. The van der Waals surface area contributed by atoms with Gasteiger partial charge < -0.3 is 0 Å². The molecule has 2 aromatic rings. The lowest BCUT2D eigenvalue weighted by Gasteiger charge is -2.14. The van der Waals surface area contributed by atoms with Crippen molar-refractivity contribution < 1.29 is 9.59 Å². The summed E-state index contributed by atoms with van der Waals surface area (Å²) in [5.74, 6) is -0.373. The molecule has 1 aliphatic rings. The first-order chi connectivity index (χ1) is 11.1. The summed E-state index contributed by atoms with van der Waals surface area (Å²) in [6.45, 7) is 0.0444. The zero-order valence-electron chi connectivity index (χ0n) is 11.7. The molecule has 0 bridgehead atoms. The third-order valence-electron chi connectivity index (χ3n) is 3.22. The average molecular weight is 365 g/mol. The van der Waals surface area contributed by atoms with E-state index in [1.807, 2.05) is 6.07 Å². The van der Waals surface area contributed by atoms with Crippen molar-refractivity contribution in [3.05, 3.63) is 68.8 Å². The van der Waals surface area contributed by atoms with E-state index in [0.717, 1.165) is 16.7 Å². The number of hydrogen-bond acceptors (Lipinski definition) is 4. The first kappa shape index (κ1) is 16.1. The number of carbonyl (C=O) groups excluding carboxylic acids is 2. The van der Waals surface area contributed by atoms with Gasteiger partial charge in [-0.25, -0.2) is 0 Å². The van der Waals surface area contributed by atoms with Gasteiger partial charge in [0.15, 0.2) is 0 Å².